The molecule has 7 nitrogen and oxygen atoms in total. The Morgan fingerprint density at radius 3 is 2.72 bits per heavy atom. The molecule has 4 N–H and O–H groups in total. The molecule has 0 saturated heterocycles. The van der Waals surface area contributed by atoms with Crippen LogP contribution in [-0.2, 0) is 11.3 Å². The first-order valence-electron chi connectivity index (χ1n) is 5.35. The minimum Gasteiger partial charge on any atom is -0.480 e. The third-order valence-corrected chi connectivity index (χ3v) is 2.21. The van der Waals surface area contributed by atoms with Crippen molar-refractivity contribution in [3.8, 4) is 0 Å². The normalized spacial score (nSPS) is 13.4. The number of pyridine rings is 1. The van der Waals surface area contributed by atoms with Crippen molar-refractivity contribution in [2.24, 2.45) is 0 Å². The molecule has 2 amide bonds. The van der Waals surface area contributed by atoms with Gasteiger partial charge in [-0.3, -0.25) is 4.98 Å². The number of nitrogens with one attached hydrogen (secondary N) is 2. The summed E-state index contributed by atoms with van der Waals surface area (Å²) >= 11 is 0. The lowest BCUT2D eigenvalue weighted by Crippen LogP contribution is -2.50. The minimum absolute atomic E-state index is 0.228. The number of hydrogen-bond donors (Lipinski definition) is 4. The lowest BCUT2D eigenvalue weighted by Gasteiger charge is -2.17. The summed E-state index contributed by atoms with van der Waals surface area (Å²) in [6.45, 7) is 1.52. The average molecular weight is 253 g/mol. The van der Waals surface area contributed by atoms with E-state index in [1.165, 1.54) is 6.92 Å². The van der Waals surface area contributed by atoms with Crippen LogP contribution in [-0.4, -0.2) is 39.3 Å². The zero-order valence-corrected chi connectivity index (χ0v) is 9.83. The van der Waals surface area contributed by atoms with Gasteiger partial charge >= 0.3 is 12.0 Å². The van der Waals surface area contributed by atoms with Gasteiger partial charge in [0.2, 0.25) is 0 Å². The Balaban J connectivity index is 2.44. The second kappa shape index (κ2) is 6.55. The molecule has 0 fully saturated rings. The first-order chi connectivity index (χ1) is 8.50. The number of aliphatic carboxylic acids is 1. The van der Waals surface area contributed by atoms with E-state index in [1.807, 2.05) is 0 Å². The lowest BCUT2D eigenvalue weighted by atomic mass is 10.2. The molecule has 1 aromatic heterocycles. The maximum Gasteiger partial charge on any atom is 0.328 e. The molecule has 0 spiro atoms. The first kappa shape index (κ1) is 13.9. The largest absolute Gasteiger partial charge is 0.480 e. The third kappa shape index (κ3) is 4.38. The number of aromatic nitrogens is 1. The van der Waals surface area contributed by atoms with Crippen LogP contribution in [0.15, 0.2) is 24.5 Å². The van der Waals surface area contributed by atoms with Crippen molar-refractivity contribution in [2.75, 3.05) is 0 Å². The van der Waals surface area contributed by atoms with Crippen LogP contribution in [0.25, 0.3) is 0 Å². The number of amides is 2. The van der Waals surface area contributed by atoms with Gasteiger partial charge in [0.15, 0.2) is 6.04 Å². The van der Waals surface area contributed by atoms with E-state index in [1.54, 1.807) is 24.5 Å². The summed E-state index contributed by atoms with van der Waals surface area (Å²) in [5.41, 5.74) is 0.788. The topological polar surface area (TPSA) is 112 Å². The number of rotatable bonds is 5. The third-order valence-electron chi connectivity index (χ3n) is 2.21. The number of carboxylic acids is 1. The standard InChI is InChI=1S/C11H15N3O4/c1-7(15)9(10(16)17)14-11(18)13-6-8-3-2-4-12-5-8/h2-5,7,9,15H,6H2,1H3,(H,16,17)(H2,13,14,18)/t7-,9+/m1/s1. The van der Waals surface area contributed by atoms with Gasteiger partial charge < -0.3 is 20.8 Å². The summed E-state index contributed by atoms with van der Waals surface area (Å²) in [5, 5.41) is 22.6. The molecule has 1 heterocycles. The molecule has 0 radical (unpaired) electrons. The SMILES string of the molecule is C[C@@H](O)[C@H](NC(=O)NCc1cccnc1)C(=O)O. The summed E-state index contributed by atoms with van der Waals surface area (Å²) in [5.74, 6) is -1.29. The summed E-state index contributed by atoms with van der Waals surface area (Å²) in [7, 11) is 0. The van der Waals surface area contributed by atoms with E-state index in [2.05, 4.69) is 15.6 Å². The smallest absolute Gasteiger partial charge is 0.328 e. The van der Waals surface area contributed by atoms with E-state index in [0.29, 0.717) is 0 Å². The summed E-state index contributed by atoms with van der Waals surface area (Å²) in [6.07, 6.45) is 2.02. The molecular weight excluding hydrogens is 238 g/mol. The van der Waals surface area contributed by atoms with E-state index in [0.717, 1.165) is 5.56 Å². The molecule has 18 heavy (non-hydrogen) atoms. The van der Waals surface area contributed by atoms with Crippen molar-refractivity contribution in [3.05, 3.63) is 30.1 Å². The maximum atomic E-state index is 11.4. The van der Waals surface area contributed by atoms with Gasteiger partial charge in [-0.2, -0.15) is 0 Å². The molecule has 0 aliphatic rings. The van der Waals surface area contributed by atoms with Crippen molar-refractivity contribution in [3.63, 3.8) is 0 Å². The molecular formula is C11H15N3O4. The monoisotopic (exact) mass is 253 g/mol. The molecule has 98 valence electrons. The number of nitrogens with zero attached hydrogens (tertiary/aromatic N) is 1. The zero-order chi connectivity index (χ0) is 13.5. The fourth-order valence-electron chi connectivity index (χ4n) is 1.27. The van der Waals surface area contributed by atoms with Crippen molar-refractivity contribution in [2.45, 2.75) is 25.6 Å². The van der Waals surface area contributed by atoms with Gasteiger partial charge in [-0.1, -0.05) is 6.07 Å². The molecule has 0 aromatic carbocycles. The van der Waals surface area contributed by atoms with Crippen LogP contribution in [0.2, 0.25) is 0 Å². The molecule has 0 aliphatic carbocycles. The minimum atomic E-state index is -1.33. The Morgan fingerprint density at radius 2 is 2.22 bits per heavy atom. The van der Waals surface area contributed by atoms with Crippen LogP contribution in [0.1, 0.15) is 12.5 Å². The van der Waals surface area contributed by atoms with Crippen molar-refractivity contribution in [1.29, 1.82) is 0 Å². The van der Waals surface area contributed by atoms with Crippen LogP contribution in [0.4, 0.5) is 4.79 Å². The van der Waals surface area contributed by atoms with Gasteiger partial charge in [0.25, 0.3) is 0 Å². The molecule has 0 unspecified atom stereocenters. The van der Waals surface area contributed by atoms with E-state index >= 15 is 0 Å². The molecule has 1 rings (SSSR count). The molecule has 0 bridgehead atoms. The number of carboxylic acid groups (broad SMARTS) is 1. The fourth-order valence-corrected chi connectivity index (χ4v) is 1.27. The Bertz CT molecular complexity index is 408. The maximum absolute atomic E-state index is 11.4. The first-order valence-corrected chi connectivity index (χ1v) is 5.35. The van der Waals surface area contributed by atoms with Gasteiger partial charge in [-0.05, 0) is 18.6 Å². The number of carbonyl (C=O) groups is 2. The molecule has 0 saturated carbocycles. The molecule has 1 aromatic rings. The highest BCUT2D eigenvalue weighted by atomic mass is 16.4. The summed E-state index contributed by atoms with van der Waals surface area (Å²) in [6, 6.07) is 1.51. The van der Waals surface area contributed by atoms with Gasteiger partial charge in [0.05, 0.1) is 6.10 Å². The lowest BCUT2D eigenvalue weighted by molar-refractivity contribution is -0.141. The highest BCUT2D eigenvalue weighted by Gasteiger charge is 2.24. The van der Waals surface area contributed by atoms with E-state index in [4.69, 9.17) is 5.11 Å². The van der Waals surface area contributed by atoms with Crippen molar-refractivity contribution in [1.82, 2.24) is 15.6 Å². The molecule has 0 aliphatic heterocycles. The van der Waals surface area contributed by atoms with E-state index < -0.39 is 24.1 Å². The van der Waals surface area contributed by atoms with Gasteiger partial charge in [0.1, 0.15) is 0 Å². The van der Waals surface area contributed by atoms with Gasteiger partial charge in [0, 0.05) is 18.9 Å². The predicted octanol–water partition coefficient (Wildman–Crippen LogP) is -0.285. The van der Waals surface area contributed by atoms with Crippen LogP contribution in [0.5, 0.6) is 0 Å². The van der Waals surface area contributed by atoms with Crippen LogP contribution < -0.4 is 10.6 Å². The van der Waals surface area contributed by atoms with Crippen molar-refractivity contribution < 1.29 is 19.8 Å². The Labute approximate surface area is 104 Å². The second-order valence-electron chi connectivity index (χ2n) is 3.74. The highest BCUT2D eigenvalue weighted by Crippen LogP contribution is 1.95. The number of urea groups is 1. The van der Waals surface area contributed by atoms with E-state index in [-0.39, 0.29) is 6.54 Å². The number of hydrogen-bond acceptors (Lipinski definition) is 4. The molecule has 7 heteroatoms. The molecule has 2 atom stereocenters. The number of aliphatic hydroxyl groups excluding tert-OH is 1. The van der Waals surface area contributed by atoms with Crippen molar-refractivity contribution >= 4 is 12.0 Å². The zero-order valence-electron chi connectivity index (χ0n) is 9.83. The van der Waals surface area contributed by atoms with Crippen LogP contribution in [0.3, 0.4) is 0 Å². The van der Waals surface area contributed by atoms with Gasteiger partial charge in [-0.25, -0.2) is 9.59 Å². The fraction of sp³-hybridized carbons (Fsp3) is 0.364. The Hall–Kier alpha value is -2.15. The van der Waals surface area contributed by atoms with E-state index in [9.17, 15) is 14.7 Å². The van der Waals surface area contributed by atoms with Crippen LogP contribution in [0, 0.1) is 0 Å². The number of carbonyl (C=O) groups excluding carboxylic acids is 1. The van der Waals surface area contributed by atoms with Gasteiger partial charge in [-0.15, -0.1) is 0 Å². The Morgan fingerprint density at radius 1 is 1.50 bits per heavy atom. The quantitative estimate of drug-likeness (QED) is 0.576. The van der Waals surface area contributed by atoms with Crippen LogP contribution >= 0.6 is 0 Å². The Kier molecular flexibility index (Phi) is 5.06. The summed E-state index contributed by atoms with van der Waals surface area (Å²) < 4.78 is 0. The number of aliphatic hydroxyl groups is 1. The average Bonchev–Trinajstić information content (AvgIpc) is 2.34. The second-order valence-corrected chi connectivity index (χ2v) is 3.74. The highest BCUT2D eigenvalue weighted by molar-refractivity contribution is 5.82. The summed E-state index contributed by atoms with van der Waals surface area (Å²) in [4.78, 5) is 26.0. The predicted molar refractivity (Wildman–Crippen MR) is 62.7 cm³/mol.